The number of methoxy groups -OCH3 is 1. The van der Waals surface area contributed by atoms with E-state index in [9.17, 15) is 9.59 Å². The number of nitrogens with two attached hydrogens (primary N) is 1. The van der Waals surface area contributed by atoms with Crippen LogP contribution in [0.25, 0.3) is 0 Å². The second-order valence-corrected chi connectivity index (χ2v) is 3.86. The summed E-state index contributed by atoms with van der Waals surface area (Å²) in [6.45, 7) is 0. The van der Waals surface area contributed by atoms with Crippen LogP contribution in [0.5, 0.6) is 11.5 Å². The smallest absolute Gasteiger partial charge is 0.409 e. The van der Waals surface area contributed by atoms with Gasteiger partial charge in [0.15, 0.2) is 0 Å². The molecular formula is C12H16N2O4. The molecule has 6 heteroatoms. The van der Waals surface area contributed by atoms with Crippen LogP contribution in [-0.4, -0.2) is 38.1 Å². The van der Waals surface area contributed by atoms with Gasteiger partial charge in [-0.2, -0.15) is 0 Å². The van der Waals surface area contributed by atoms with Crippen LogP contribution in [0.3, 0.4) is 0 Å². The van der Waals surface area contributed by atoms with Crippen molar-refractivity contribution in [2.24, 2.45) is 5.73 Å². The molecular weight excluding hydrogens is 236 g/mol. The molecule has 98 valence electrons. The lowest BCUT2D eigenvalue weighted by Gasteiger charge is -2.13. The van der Waals surface area contributed by atoms with Gasteiger partial charge in [-0.25, -0.2) is 4.79 Å². The number of ether oxygens (including phenoxy) is 2. The second-order valence-electron chi connectivity index (χ2n) is 3.86. The maximum absolute atomic E-state index is 11.7. The lowest BCUT2D eigenvalue weighted by atomic mass is 10.1. The SMILES string of the molecule is COc1ccc(OC(N)=O)cc1CC(=O)N(C)C. The molecule has 0 aliphatic carbocycles. The van der Waals surface area contributed by atoms with Gasteiger partial charge in [-0.05, 0) is 18.2 Å². The lowest BCUT2D eigenvalue weighted by molar-refractivity contribution is -0.127. The van der Waals surface area contributed by atoms with Gasteiger partial charge in [-0.3, -0.25) is 4.79 Å². The summed E-state index contributed by atoms with van der Waals surface area (Å²) in [6.07, 6.45) is -0.739. The third-order valence-corrected chi connectivity index (χ3v) is 2.31. The molecule has 0 saturated carbocycles. The van der Waals surface area contributed by atoms with E-state index in [1.165, 1.54) is 12.0 Å². The zero-order valence-corrected chi connectivity index (χ0v) is 10.6. The Hall–Kier alpha value is -2.24. The van der Waals surface area contributed by atoms with Crippen molar-refractivity contribution in [3.8, 4) is 11.5 Å². The molecule has 1 aromatic rings. The highest BCUT2D eigenvalue weighted by Gasteiger charge is 2.12. The Morgan fingerprint density at radius 3 is 2.50 bits per heavy atom. The van der Waals surface area contributed by atoms with Gasteiger partial charge in [-0.15, -0.1) is 0 Å². The van der Waals surface area contributed by atoms with Crippen LogP contribution in [0, 0.1) is 0 Å². The fourth-order valence-electron chi connectivity index (χ4n) is 1.39. The first-order valence-electron chi connectivity index (χ1n) is 5.28. The van der Waals surface area contributed by atoms with Gasteiger partial charge in [-0.1, -0.05) is 0 Å². The summed E-state index contributed by atoms with van der Waals surface area (Å²) in [7, 11) is 4.84. The summed E-state index contributed by atoms with van der Waals surface area (Å²) in [5, 5.41) is 0. The summed E-state index contributed by atoms with van der Waals surface area (Å²) in [5.41, 5.74) is 5.56. The molecule has 0 bridgehead atoms. The minimum absolute atomic E-state index is 0.0791. The average Bonchev–Trinajstić information content (AvgIpc) is 2.28. The lowest BCUT2D eigenvalue weighted by Crippen LogP contribution is -2.23. The first kappa shape index (κ1) is 13.8. The highest BCUT2D eigenvalue weighted by Crippen LogP contribution is 2.24. The topological polar surface area (TPSA) is 81.9 Å². The third-order valence-electron chi connectivity index (χ3n) is 2.31. The van der Waals surface area contributed by atoms with E-state index in [0.717, 1.165) is 0 Å². The van der Waals surface area contributed by atoms with Crippen LogP contribution < -0.4 is 15.2 Å². The van der Waals surface area contributed by atoms with Crippen molar-refractivity contribution < 1.29 is 19.1 Å². The van der Waals surface area contributed by atoms with Gasteiger partial charge in [0.05, 0.1) is 13.5 Å². The number of carbonyl (C=O) groups is 2. The summed E-state index contributed by atoms with van der Waals surface area (Å²) in [4.78, 5) is 23.8. The molecule has 1 aromatic carbocycles. The van der Waals surface area contributed by atoms with Crippen LogP contribution in [0.2, 0.25) is 0 Å². The average molecular weight is 252 g/mol. The van der Waals surface area contributed by atoms with E-state index in [-0.39, 0.29) is 18.1 Å². The van der Waals surface area contributed by atoms with E-state index in [4.69, 9.17) is 15.2 Å². The number of benzene rings is 1. The molecule has 0 radical (unpaired) electrons. The van der Waals surface area contributed by atoms with E-state index in [1.54, 1.807) is 32.3 Å². The standard InChI is InChI=1S/C12H16N2O4/c1-14(2)11(15)7-8-6-9(18-12(13)16)4-5-10(8)17-3/h4-6H,7H2,1-3H3,(H2,13,16). The molecule has 0 aromatic heterocycles. The van der Waals surface area contributed by atoms with Crippen molar-refractivity contribution in [2.45, 2.75) is 6.42 Å². The van der Waals surface area contributed by atoms with Crippen molar-refractivity contribution in [3.63, 3.8) is 0 Å². The Labute approximate surface area is 105 Å². The Balaban J connectivity index is 2.98. The number of hydrogen-bond acceptors (Lipinski definition) is 4. The minimum Gasteiger partial charge on any atom is -0.496 e. The molecule has 18 heavy (non-hydrogen) atoms. The molecule has 2 amide bonds. The van der Waals surface area contributed by atoms with Crippen LogP contribution in [0.1, 0.15) is 5.56 Å². The number of primary amides is 1. The van der Waals surface area contributed by atoms with Gasteiger partial charge in [0, 0.05) is 19.7 Å². The second kappa shape index (κ2) is 5.90. The summed E-state index contributed by atoms with van der Waals surface area (Å²) in [6, 6.07) is 4.73. The first-order valence-corrected chi connectivity index (χ1v) is 5.28. The third kappa shape index (κ3) is 3.65. The van der Waals surface area contributed by atoms with Crippen LogP contribution in [-0.2, 0) is 11.2 Å². The predicted octanol–water partition coefficient (Wildman–Crippen LogP) is 0.783. The highest BCUT2D eigenvalue weighted by molar-refractivity contribution is 5.79. The molecule has 0 spiro atoms. The molecule has 0 aliphatic rings. The largest absolute Gasteiger partial charge is 0.496 e. The van der Waals surface area contributed by atoms with E-state index in [0.29, 0.717) is 11.3 Å². The van der Waals surface area contributed by atoms with Crippen LogP contribution in [0.4, 0.5) is 4.79 Å². The van der Waals surface area contributed by atoms with Crippen molar-refractivity contribution in [2.75, 3.05) is 21.2 Å². The van der Waals surface area contributed by atoms with Crippen LogP contribution >= 0.6 is 0 Å². The molecule has 0 unspecified atom stereocenters. The minimum atomic E-state index is -0.898. The predicted molar refractivity (Wildman–Crippen MR) is 65.6 cm³/mol. The fraction of sp³-hybridized carbons (Fsp3) is 0.333. The highest BCUT2D eigenvalue weighted by atomic mass is 16.5. The Bertz CT molecular complexity index is 457. The number of hydrogen-bond donors (Lipinski definition) is 1. The number of nitrogens with zero attached hydrogens (tertiary/aromatic N) is 1. The van der Waals surface area contributed by atoms with E-state index in [1.807, 2.05) is 0 Å². The molecule has 1 rings (SSSR count). The normalized spacial score (nSPS) is 9.72. The monoisotopic (exact) mass is 252 g/mol. The zero-order valence-electron chi connectivity index (χ0n) is 10.6. The summed E-state index contributed by atoms with van der Waals surface area (Å²) >= 11 is 0. The fourth-order valence-corrected chi connectivity index (χ4v) is 1.39. The summed E-state index contributed by atoms with van der Waals surface area (Å²) < 4.78 is 9.90. The zero-order chi connectivity index (χ0) is 13.7. The quantitative estimate of drug-likeness (QED) is 0.858. The first-order chi connectivity index (χ1) is 8.43. The van der Waals surface area contributed by atoms with Gasteiger partial charge in [0.2, 0.25) is 5.91 Å². The molecule has 0 saturated heterocycles. The van der Waals surface area contributed by atoms with E-state index < -0.39 is 6.09 Å². The number of likely N-dealkylation sites (N-methyl/N-ethyl adjacent to an activating group) is 1. The Kier molecular flexibility index (Phi) is 4.53. The van der Waals surface area contributed by atoms with Gasteiger partial charge in [0.25, 0.3) is 0 Å². The van der Waals surface area contributed by atoms with Crippen molar-refractivity contribution in [1.29, 1.82) is 0 Å². The molecule has 2 N–H and O–H groups in total. The number of carbonyl (C=O) groups excluding carboxylic acids is 2. The van der Waals surface area contributed by atoms with Crippen molar-refractivity contribution in [1.82, 2.24) is 4.90 Å². The molecule has 0 atom stereocenters. The Morgan fingerprint density at radius 2 is 2.00 bits per heavy atom. The van der Waals surface area contributed by atoms with Crippen molar-refractivity contribution >= 4 is 12.0 Å². The number of rotatable bonds is 4. The molecule has 6 nitrogen and oxygen atoms in total. The summed E-state index contributed by atoms with van der Waals surface area (Å²) in [5.74, 6) is 0.761. The van der Waals surface area contributed by atoms with E-state index in [2.05, 4.69) is 0 Å². The number of amides is 2. The Morgan fingerprint density at radius 1 is 1.33 bits per heavy atom. The van der Waals surface area contributed by atoms with Gasteiger partial charge < -0.3 is 20.1 Å². The molecule has 0 aliphatic heterocycles. The maximum Gasteiger partial charge on any atom is 0.409 e. The van der Waals surface area contributed by atoms with Crippen LogP contribution in [0.15, 0.2) is 18.2 Å². The van der Waals surface area contributed by atoms with Crippen molar-refractivity contribution in [3.05, 3.63) is 23.8 Å². The van der Waals surface area contributed by atoms with Gasteiger partial charge in [0.1, 0.15) is 11.5 Å². The maximum atomic E-state index is 11.7. The van der Waals surface area contributed by atoms with Gasteiger partial charge >= 0.3 is 6.09 Å². The molecule has 0 fully saturated rings. The van der Waals surface area contributed by atoms with E-state index >= 15 is 0 Å². The molecule has 0 heterocycles.